The van der Waals surface area contributed by atoms with Gasteiger partial charge in [-0.3, -0.25) is 0 Å². The number of rotatable bonds is 9. The van der Waals surface area contributed by atoms with Gasteiger partial charge in [-0.2, -0.15) is 5.26 Å². The van der Waals surface area contributed by atoms with E-state index in [1.165, 1.54) is 120 Å². The van der Waals surface area contributed by atoms with Crippen LogP contribution in [0, 0.1) is 54.4 Å². The number of aromatic nitrogens is 6. The van der Waals surface area contributed by atoms with Crippen molar-refractivity contribution in [1.82, 2.24) is 28.7 Å². The largest absolute Gasteiger partial charge is 4.00 e. The zero-order valence-corrected chi connectivity index (χ0v) is 74.0. The van der Waals surface area contributed by atoms with E-state index >= 15 is 0 Å². The molecule has 0 bridgehead atoms. The van der Waals surface area contributed by atoms with Gasteiger partial charge in [-0.15, -0.1) is 0 Å². The van der Waals surface area contributed by atoms with E-state index in [0.29, 0.717) is 11.3 Å². The Morgan fingerprint density at radius 2 is 0.556 bits per heavy atom. The third-order valence-electron chi connectivity index (χ3n) is 11.1. The Hall–Kier alpha value is -1.01. The molecule has 0 aromatic carbocycles. The monoisotopic (exact) mass is 1840 g/mol. The van der Waals surface area contributed by atoms with Gasteiger partial charge in [0.15, 0.2) is 0 Å². The molecule has 0 aliphatic heterocycles. The van der Waals surface area contributed by atoms with Crippen molar-refractivity contribution >= 4 is 89.8 Å². The van der Waals surface area contributed by atoms with Crippen LogP contribution >= 0.6 is 48.2 Å². The molecule has 3 aromatic rings. The van der Waals surface area contributed by atoms with Crippen LogP contribution in [-0.4, -0.2) is 87.5 Å². The van der Waals surface area contributed by atoms with Crippen molar-refractivity contribution in [3.05, 3.63) is 79.6 Å². The second-order valence-corrected chi connectivity index (χ2v) is 36.5. The molecule has 3 fully saturated rings. The molecule has 0 saturated heterocycles. The first-order chi connectivity index (χ1) is 40.6. The van der Waals surface area contributed by atoms with Crippen molar-refractivity contribution < 1.29 is 136 Å². The van der Waals surface area contributed by atoms with Gasteiger partial charge in [0, 0.05) is 46.7 Å². The first-order valence-corrected chi connectivity index (χ1v) is 39.8. The van der Waals surface area contributed by atoms with Gasteiger partial charge in [-0.1, -0.05) is 152 Å². The maximum Gasteiger partial charge on any atom is 4.00 e. The molecule has 11 nitrogen and oxygen atoms in total. The van der Waals surface area contributed by atoms with Gasteiger partial charge in [-0.05, 0) is 95.4 Å². The van der Waals surface area contributed by atoms with Crippen LogP contribution in [0.4, 0.5) is 63.0 Å². The van der Waals surface area contributed by atoms with Gasteiger partial charge in [-0.25, -0.2) is 39.8 Å². The minimum Gasteiger partial charge on any atom is -1.00 e. The molecule has 38 heteroatoms. The normalized spacial score (nSPS) is 12.8. The fourth-order valence-corrected chi connectivity index (χ4v) is 17.8. The van der Waals surface area contributed by atoms with Crippen LogP contribution in [-0.2, 0) is 79.6 Å². The third-order valence-corrected chi connectivity index (χ3v) is 21.1. The SMILES string of the molecule is C1CCCC1.C1CCCC1.C1CCCC1.CC#N.CC=[N-].CC=[N-].CC=[N-].CC=[N-].Cc1cn(C)c(P(C(C)C)C(C)C)n1.Cc1cn(C)c([PH+](C(C)C)C(C)C)n1.Cc1cn(C)c([PH+](C(C)C)C(C)C)n1.FP(F)(F)(F)F.FP(F)(F)(F)F.FP(F)(F)(F)F.[CH3-].[CH3-].[CH3-].[F-].[F-].[F-].[Ru+2].[Ru+4].[Ru+]. The van der Waals surface area contributed by atoms with Crippen molar-refractivity contribution in [1.29, 1.82) is 5.26 Å². The Labute approximate surface area is 630 Å². The number of hydrogen-bond acceptors (Lipinski definition) is 4. The summed E-state index contributed by atoms with van der Waals surface area (Å²) in [5, 5.41) is 37.1. The van der Waals surface area contributed by atoms with Crippen LogP contribution in [0.15, 0.2) is 18.6 Å². The van der Waals surface area contributed by atoms with Gasteiger partial charge >= 0.3 is 146 Å². The van der Waals surface area contributed by atoms with E-state index in [0.717, 1.165) is 64.6 Å². The first kappa shape index (κ1) is 141. The van der Waals surface area contributed by atoms with Crippen LogP contribution in [0.3, 0.4) is 0 Å². The van der Waals surface area contributed by atoms with Crippen LogP contribution in [0.2, 0.25) is 0 Å². The molecule has 603 valence electrons. The van der Waals surface area contributed by atoms with Crippen LogP contribution < -0.4 is 30.8 Å². The molecule has 3 heterocycles. The fourth-order valence-electron chi connectivity index (χ4n) is 8.69. The number of imidazole rings is 3. The molecule has 1 radical (unpaired) electrons. The van der Waals surface area contributed by atoms with Crippen molar-refractivity contribution in [3.8, 4) is 6.07 Å². The van der Waals surface area contributed by atoms with Crippen molar-refractivity contribution in [2.45, 2.75) is 269 Å². The van der Waals surface area contributed by atoms with Gasteiger partial charge in [0.05, 0.1) is 61.6 Å². The van der Waals surface area contributed by atoms with Crippen molar-refractivity contribution in [3.63, 3.8) is 0 Å². The van der Waals surface area contributed by atoms with E-state index in [4.69, 9.17) is 26.9 Å². The molecule has 3 aromatic heterocycles. The zero-order valence-electron chi connectivity index (χ0n) is 63.2. The summed E-state index contributed by atoms with van der Waals surface area (Å²) < 4.78 is 154. The van der Waals surface area contributed by atoms with Gasteiger partial charge < -0.3 is 71.7 Å². The second-order valence-electron chi connectivity index (χ2n) is 22.0. The zero-order chi connectivity index (χ0) is 73.1. The quantitative estimate of drug-likeness (QED) is 0.0684. The molecule has 0 N–H and O–H groups in total. The topological polar surface area (TPSA) is 166 Å². The fraction of sp³-hybridized carbons (Fsp3) is 0.721. The minimum atomic E-state index is -8.55. The molecule has 3 aliphatic rings. The molecule has 0 atom stereocenters. The minimum absolute atomic E-state index is 0. The molecule has 6 rings (SSSR count). The van der Waals surface area contributed by atoms with E-state index in [2.05, 4.69) is 172 Å². The Bertz CT molecular complexity index is 1960. The van der Waals surface area contributed by atoms with E-state index in [-0.39, 0.29) is 103 Å². The summed E-state index contributed by atoms with van der Waals surface area (Å²) in [5.74, 6) is 0. The summed E-state index contributed by atoms with van der Waals surface area (Å²) >= 11 is 0. The maximum atomic E-state index is 9.84. The Kier molecular flexibility index (Phi) is 107. The number of hydrogen-bond donors (Lipinski definition) is 0. The van der Waals surface area contributed by atoms with Gasteiger partial charge in [0.1, 0.15) is 5.57 Å². The van der Waals surface area contributed by atoms with Gasteiger partial charge in [0.25, 0.3) is 11.1 Å². The molecule has 0 unspecified atom stereocenters. The van der Waals surface area contributed by atoms with Gasteiger partial charge in [0.2, 0.25) is 0 Å². The number of aryl methyl sites for hydroxylation is 6. The summed E-state index contributed by atoms with van der Waals surface area (Å²) in [7, 11) is -20.5. The van der Waals surface area contributed by atoms with Crippen LogP contribution in [0.5, 0.6) is 0 Å². The smallest absolute Gasteiger partial charge is 1.00 e. The summed E-state index contributed by atoms with van der Waals surface area (Å²) in [6, 6.07) is 1.75. The molecule has 3 saturated carbocycles. The predicted molar refractivity (Wildman–Crippen MR) is 395 cm³/mol. The molecule has 99 heavy (non-hydrogen) atoms. The van der Waals surface area contributed by atoms with Crippen molar-refractivity contribution in [2.75, 3.05) is 0 Å². The molecule has 0 spiro atoms. The summed E-state index contributed by atoms with van der Waals surface area (Å²) in [5.41, 5.74) is 11.8. The Balaban J connectivity index is -0.0000000502. The van der Waals surface area contributed by atoms with Crippen LogP contribution in [0.1, 0.15) is 231 Å². The summed E-state index contributed by atoms with van der Waals surface area (Å²) in [6.07, 6.45) is 32.9. The number of nitriles is 1. The average Bonchev–Trinajstić information content (AvgIpc) is 4.42. The first-order valence-electron chi connectivity index (χ1n) is 29.9. The third kappa shape index (κ3) is 118. The van der Waals surface area contributed by atoms with E-state index in [9.17, 15) is 63.0 Å². The summed E-state index contributed by atoms with van der Waals surface area (Å²) in [6.45, 7) is 41.6. The van der Waals surface area contributed by atoms with E-state index < -0.39 is 40.3 Å². The Morgan fingerprint density at radius 1 is 0.424 bits per heavy atom. The molecular formula is C61H123F18N11P6Ru3-. The average molecular weight is 1840 g/mol. The summed E-state index contributed by atoms with van der Waals surface area (Å²) in [4.78, 5) is 14.0. The Morgan fingerprint density at radius 3 is 0.646 bits per heavy atom. The second kappa shape index (κ2) is 75.2. The predicted octanol–water partition coefficient (Wildman–Crippen LogP) is 17.6. The van der Waals surface area contributed by atoms with E-state index in [1.54, 1.807) is 33.8 Å². The van der Waals surface area contributed by atoms with E-state index in [1.807, 2.05) is 0 Å². The van der Waals surface area contributed by atoms with Crippen molar-refractivity contribution in [2.24, 2.45) is 21.1 Å². The molecule has 0 amide bonds. The maximum absolute atomic E-state index is 9.84. The molecule has 3 aliphatic carbocycles. The molecular weight excluding hydrogens is 1720 g/mol. The number of halogens is 18. The number of nitrogens with zero attached hydrogens (tertiary/aromatic N) is 11. The standard InChI is InChI=1S/3C11H21N2P.3C5H10.4C2H4N.C2H3N.3CH3.3F5P.3FH.3Ru/c3*1-8(2)14(9(3)4)11-12-10(5)7-13(11)6;3*1-2-4-5-3-1;5*1-2-3;;;;3*1-6(2,3,4)5;;;;;;/h3*7-9H,1-6H3;3*1-5H2;4*2H,1H3;1H3;3*1H3;;;;3*1H;;;/q;;;;;;4*-1;;3*-1;;;;;;;+1;+2;+4/p-1. The van der Waals surface area contributed by atoms with Crippen LogP contribution in [0.25, 0.3) is 21.6 Å².